The normalized spacial score (nSPS) is 33.1. The molecule has 0 aliphatic heterocycles. The van der Waals surface area contributed by atoms with Gasteiger partial charge in [0.15, 0.2) is 0 Å². The van der Waals surface area contributed by atoms with E-state index in [4.69, 9.17) is 0 Å². The quantitative estimate of drug-likeness (QED) is 0.0658. The summed E-state index contributed by atoms with van der Waals surface area (Å²) in [5, 5.41) is 0. The first-order valence-electron chi connectivity index (χ1n) is 21.1. The molecule has 3 saturated carbocycles. The summed E-state index contributed by atoms with van der Waals surface area (Å²) in [7, 11) is 0. The third-order valence-corrected chi connectivity index (χ3v) is 14.5. The molecule has 0 heterocycles. The molecule has 3 fully saturated rings. The number of carbonyl (C=O) groups is 1. The second-order valence-electron chi connectivity index (χ2n) is 18.1. The van der Waals surface area contributed by atoms with E-state index in [9.17, 15) is 4.79 Å². The molecular formula is C45H78O. The van der Waals surface area contributed by atoms with Crippen LogP contribution in [-0.4, -0.2) is 6.29 Å². The molecule has 4 aliphatic rings. The summed E-state index contributed by atoms with van der Waals surface area (Å²) in [6.07, 6.45) is 44.5. The summed E-state index contributed by atoms with van der Waals surface area (Å²) in [5.41, 5.74) is 3.05. The van der Waals surface area contributed by atoms with E-state index in [0.717, 1.165) is 60.6 Å². The predicted octanol–water partition coefficient (Wildman–Crippen LogP) is 14.3. The first-order chi connectivity index (χ1) is 22.3. The lowest BCUT2D eigenvalue weighted by Crippen LogP contribution is -2.50. The number of aldehydes is 1. The van der Waals surface area contributed by atoms with Crippen molar-refractivity contribution in [3.05, 3.63) is 23.8 Å². The molecule has 0 aromatic rings. The van der Waals surface area contributed by atoms with Crippen molar-refractivity contribution in [3.63, 3.8) is 0 Å². The fourth-order valence-corrected chi connectivity index (χ4v) is 11.7. The van der Waals surface area contributed by atoms with Crippen LogP contribution in [0.5, 0.6) is 0 Å². The van der Waals surface area contributed by atoms with Crippen LogP contribution in [-0.2, 0) is 4.79 Å². The monoisotopic (exact) mass is 635 g/mol. The Morgan fingerprint density at radius 2 is 1.37 bits per heavy atom. The van der Waals surface area contributed by atoms with Crippen molar-refractivity contribution in [2.75, 3.05) is 0 Å². The minimum atomic E-state index is 0.522. The lowest BCUT2D eigenvalue weighted by molar-refractivity contribution is -0.107. The van der Waals surface area contributed by atoms with Crippen LogP contribution in [0.25, 0.3) is 0 Å². The van der Waals surface area contributed by atoms with Crippen LogP contribution >= 0.6 is 0 Å². The highest BCUT2D eigenvalue weighted by Crippen LogP contribution is 2.67. The van der Waals surface area contributed by atoms with Crippen LogP contribution in [0.3, 0.4) is 0 Å². The molecule has 0 N–H and O–H groups in total. The van der Waals surface area contributed by atoms with Gasteiger partial charge in [-0.15, -0.1) is 0 Å². The molecule has 0 saturated heterocycles. The SMILES string of the molecule is CC(C)CCC[C@@H](C)[C@H]1CCC2C3CC=C4CC(CCCCCCCC/C=C\CCCCCCCC=O)CC[C@]4(C)C3CC[C@@]21C. The van der Waals surface area contributed by atoms with Crippen LogP contribution in [0.15, 0.2) is 23.8 Å². The molecule has 0 spiro atoms. The Labute approximate surface area is 288 Å². The fourth-order valence-electron chi connectivity index (χ4n) is 11.7. The van der Waals surface area contributed by atoms with E-state index < -0.39 is 0 Å². The lowest BCUT2D eigenvalue weighted by Gasteiger charge is -2.58. The Morgan fingerprint density at radius 1 is 0.717 bits per heavy atom. The Kier molecular flexibility index (Phi) is 16.0. The van der Waals surface area contributed by atoms with Gasteiger partial charge in [-0.1, -0.05) is 135 Å². The Morgan fingerprint density at radius 3 is 2.04 bits per heavy atom. The summed E-state index contributed by atoms with van der Waals surface area (Å²) in [5.74, 6) is 6.67. The highest BCUT2D eigenvalue weighted by atomic mass is 16.1. The smallest absolute Gasteiger partial charge is 0.119 e. The van der Waals surface area contributed by atoms with Gasteiger partial charge in [0.1, 0.15) is 6.29 Å². The van der Waals surface area contributed by atoms with E-state index in [-0.39, 0.29) is 0 Å². The minimum absolute atomic E-state index is 0.522. The predicted molar refractivity (Wildman–Crippen MR) is 201 cm³/mol. The van der Waals surface area contributed by atoms with Gasteiger partial charge in [-0.05, 0) is 136 Å². The third kappa shape index (κ3) is 10.3. The van der Waals surface area contributed by atoms with Gasteiger partial charge in [0, 0.05) is 6.42 Å². The highest BCUT2D eigenvalue weighted by molar-refractivity contribution is 5.48. The average Bonchev–Trinajstić information content (AvgIpc) is 3.39. The van der Waals surface area contributed by atoms with Crippen molar-refractivity contribution >= 4 is 6.29 Å². The van der Waals surface area contributed by atoms with E-state index in [1.165, 1.54) is 154 Å². The molecule has 4 aliphatic carbocycles. The number of fused-ring (bicyclic) bond motifs is 5. The van der Waals surface area contributed by atoms with Crippen LogP contribution in [0.1, 0.15) is 202 Å². The summed E-state index contributed by atoms with van der Waals surface area (Å²) in [6, 6.07) is 0. The Hall–Kier alpha value is -0.850. The average molecular weight is 635 g/mol. The summed E-state index contributed by atoms with van der Waals surface area (Å²) in [4.78, 5) is 10.4. The second-order valence-corrected chi connectivity index (χ2v) is 18.1. The zero-order chi connectivity index (χ0) is 32.8. The largest absolute Gasteiger partial charge is 0.303 e. The topological polar surface area (TPSA) is 17.1 Å². The zero-order valence-corrected chi connectivity index (χ0v) is 31.6. The van der Waals surface area contributed by atoms with Crippen LogP contribution in [0, 0.1) is 52.3 Å². The van der Waals surface area contributed by atoms with E-state index in [0.29, 0.717) is 10.8 Å². The number of unbranched alkanes of at least 4 members (excludes halogenated alkanes) is 12. The molecule has 1 heteroatoms. The molecule has 264 valence electrons. The second kappa shape index (κ2) is 19.4. The summed E-state index contributed by atoms with van der Waals surface area (Å²) >= 11 is 0. The van der Waals surface area contributed by atoms with Crippen LogP contribution < -0.4 is 0 Å². The van der Waals surface area contributed by atoms with Crippen LogP contribution in [0.2, 0.25) is 0 Å². The molecule has 8 atom stereocenters. The van der Waals surface area contributed by atoms with E-state index in [1.807, 2.05) is 5.57 Å². The number of carbonyl (C=O) groups excluding carboxylic acids is 1. The maximum absolute atomic E-state index is 10.4. The maximum atomic E-state index is 10.4. The number of rotatable bonds is 22. The van der Waals surface area contributed by atoms with E-state index in [2.05, 4.69) is 52.8 Å². The van der Waals surface area contributed by atoms with Crippen molar-refractivity contribution in [2.45, 2.75) is 202 Å². The molecule has 4 unspecified atom stereocenters. The number of allylic oxidation sites excluding steroid dienone is 4. The first kappa shape index (κ1) is 38.0. The third-order valence-electron chi connectivity index (χ3n) is 14.5. The number of hydrogen-bond acceptors (Lipinski definition) is 1. The van der Waals surface area contributed by atoms with Gasteiger partial charge in [0.2, 0.25) is 0 Å². The molecular weight excluding hydrogens is 556 g/mol. The van der Waals surface area contributed by atoms with E-state index in [1.54, 1.807) is 0 Å². The van der Waals surface area contributed by atoms with Gasteiger partial charge in [0.25, 0.3) is 0 Å². The zero-order valence-electron chi connectivity index (χ0n) is 31.6. The van der Waals surface area contributed by atoms with Crippen molar-refractivity contribution < 1.29 is 4.79 Å². The molecule has 4 rings (SSSR count). The first-order valence-corrected chi connectivity index (χ1v) is 21.1. The standard InChI is InChI=1S/C45H78O/c1-36(2)23-22-24-37(3)41-28-29-42-40-27-26-39-35-38(30-32-44(39,4)43(40)31-33-45(41,42)5)25-20-18-16-14-12-10-8-6-7-9-11-13-15-17-19-21-34-46/h6-7,26,34,36-38,40-43H,8-25,27-33,35H2,1-5H3/b7-6-/t37-,38?,40?,41-,42?,43?,44+,45-/m1/s1. The fraction of sp³-hybridized carbons (Fsp3) is 0.889. The minimum Gasteiger partial charge on any atom is -0.303 e. The van der Waals surface area contributed by atoms with Crippen LogP contribution in [0.4, 0.5) is 0 Å². The summed E-state index contributed by atoms with van der Waals surface area (Å²) < 4.78 is 0. The molecule has 0 bridgehead atoms. The number of hydrogen-bond donors (Lipinski definition) is 0. The van der Waals surface area contributed by atoms with Gasteiger partial charge in [-0.3, -0.25) is 0 Å². The van der Waals surface area contributed by atoms with Crippen molar-refractivity contribution in [2.24, 2.45) is 52.3 Å². The maximum Gasteiger partial charge on any atom is 0.119 e. The van der Waals surface area contributed by atoms with E-state index >= 15 is 0 Å². The summed E-state index contributed by atoms with van der Waals surface area (Å²) in [6.45, 7) is 12.9. The molecule has 46 heavy (non-hydrogen) atoms. The molecule has 0 aromatic carbocycles. The molecule has 0 radical (unpaired) electrons. The van der Waals surface area contributed by atoms with Gasteiger partial charge >= 0.3 is 0 Å². The van der Waals surface area contributed by atoms with Gasteiger partial charge < -0.3 is 4.79 Å². The highest BCUT2D eigenvalue weighted by Gasteiger charge is 2.59. The molecule has 0 aromatic heterocycles. The van der Waals surface area contributed by atoms with Crippen molar-refractivity contribution in [3.8, 4) is 0 Å². The van der Waals surface area contributed by atoms with Gasteiger partial charge in [0.05, 0.1) is 0 Å². The van der Waals surface area contributed by atoms with Gasteiger partial charge in [-0.25, -0.2) is 0 Å². The molecule has 1 nitrogen and oxygen atoms in total. The lowest BCUT2D eigenvalue weighted by atomic mass is 9.46. The van der Waals surface area contributed by atoms with Crippen molar-refractivity contribution in [1.82, 2.24) is 0 Å². The molecule has 0 amide bonds. The Bertz CT molecular complexity index is 927. The Balaban J connectivity index is 1.09. The van der Waals surface area contributed by atoms with Gasteiger partial charge in [-0.2, -0.15) is 0 Å². The van der Waals surface area contributed by atoms with Crippen molar-refractivity contribution in [1.29, 1.82) is 0 Å².